The van der Waals surface area contributed by atoms with Gasteiger partial charge in [0, 0.05) is 9.89 Å². The standard InChI is InChI=1S/C25H27BrClN3O5/c1-14(2)35-21(31)13-34-22-18(27)9-15(10-20(22)33-6)12-28-30-23(32)17-11-16(26)7-8-19(17)29-24(30)25(3,4)5/h7-12,14H,13H2,1-6H3. The van der Waals surface area contributed by atoms with Gasteiger partial charge in [0.2, 0.25) is 0 Å². The summed E-state index contributed by atoms with van der Waals surface area (Å²) in [6.45, 7) is 9.07. The fourth-order valence-corrected chi connectivity index (χ4v) is 3.88. The summed E-state index contributed by atoms with van der Waals surface area (Å²) in [5, 5.41) is 5.10. The second-order valence-electron chi connectivity index (χ2n) is 9.07. The molecule has 0 aliphatic carbocycles. The highest BCUT2D eigenvalue weighted by Crippen LogP contribution is 2.36. The van der Waals surface area contributed by atoms with Gasteiger partial charge in [-0.1, -0.05) is 48.3 Å². The monoisotopic (exact) mass is 563 g/mol. The summed E-state index contributed by atoms with van der Waals surface area (Å²) in [4.78, 5) is 29.8. The summed E-state index contributed by atoms with van der Waals surface area (Å²) in [6, 6.07) is 8.61. The molecule has 0 fully saturated rings. The lowest BCUT2D eigenvalue weighted by atomic mass is 9.95. The number of benzene rings is 2. The van der Waals surface area contributed by atoms with Crippen LogP contribution in [-0.4, -0.2) is 41.7 Å². The molecule has 0 N–H and O–H groups in total. The Morgan fingerprint density at radius 2 is 1.97 bits per heavy atom. The largest absolute Gasteiger partial charge is 0.493 e. The van der Waals surface area contributed by atoms with Crippen molar-refractivity contribution < 1.29 is 19.0 Å². The number of hydrogen-bond acceptors (Lipinski definition) is 7. The van der Waals surface area contributed by atoms with E-state index in [2.05, 4.69) is 21.0 Å². The van der Waals surface area contributed by atoms with Crippen molar-refractivity contribution in [3.8, 4) is 11.5 Å². The molecule has 0 atom stereocenters. The normalized spacial score (nSPS) is 11.9. The molecule has 3 aromatic rings. The van der Waals surface area contributed by atoms with E-state index in [1.54, 1.807) is 38.1 Å². The van der Waals surface area contributed by atoms with E-state index in [-0.39, 0.29) is 29.0 Å². The van der Waals surface area contributed by atoms with Gasteiger partial charge in [0.15, 0.2) is 18.1 Å². The minimum Gasteiger partial charge on any atom is -0.493 e. The molecule has 0 amide bonds. The van der Waals surface area contributed by atoms with E-state index in [1.165, 1.54) is 18.0 Å². The van der Waals surface area contributed by atoms with Gasteiger partial charge in [0.1, 0.15) is 5.82 Å². The molecule has 0 radical (unpaired) electrons. The molecule has 0 saturated carbocycles. The number of halogens is 2. The topological polar surface area (TPSA) is 92.0 Å². The molecule has 0 saturated heterocycles. The second kappa shape index (κ2) is 10.8. The van der Waals surface area contributed by atoms with Crippen molar-refractivity contribution in [3.05, 3.63) is 61.6 Å². The Labute approximate surface area is 217 Å². The Morgan fingerprint density at radius 3 is 2.60 bits per heavy atom. The molecule has 1 aromatic heterocycles. The zero-order valence-electron chi connectivity index (χ0n) is 20.4. The van der Waals surface area contributed by atoms with Crippen LogP contribution in [0.25, 0.3) is 10.9 Å². The van der Waals surface area contributed by atoms with Crippen molar-refractivity contribution in [2.24, 2.45) is 5.10 Å². The lowest BCUT2D eigenvalue weighted by Gasteiger charge is -2.21. The smallest absolute Gasteiger partial charge is 0.344 e. The number of esters is 1. The summed E-state index contributed by atoms with van der Waals surface area (Å²) in [6.07, 6.45) is 1.24. The Kier molecular flexibility index (Phi) is 8.22. The number of methoxy groups -OCH3 is 1. The summed E-state index contributed by atoms with van der Waals surface area (Å²) in [5.41, 5.74) is 0.413. The molecule has 0 unspecified atom stereocenters. The average Bonchev–Trinajstić information content (AvgIpc) is 2.76. The molecule has 186 valence electrons. The molecular formula is C25H27BrClN3O5. The third-order valence-electron chi connectivity index (χ3n) is 4.75. The van der Waals surface area contributed by atoms with Gasteiger partial charge < -0.3 is 14.2 Å². The van der Waals surface area contributed by atoms with Crippen LogP contribution in [0.4, 0.5) is 0 Å². The van der Waals surface area contributed by atoms with Gasteiger partial charge in [0.05, 0.1) is 35.4 Å². The van der Waals surface area contributed by atoms with Crippen LogP contribution in [0.3, 0.4) is 0 Å². The Bertz CT molecular complexity index is 1350. The zero-order chi connectivity index (χ0) is 25.9. The number of fused-ring (bicyclic) bond motifs is 1. The van der Waals surface area contributed by atoms with E-state index in [0.717, 1.165) is 4.47 Å². The van der Waals surface area contributed by atoms with Gasteiger partial charge in [0.25, 0.3) is 5.56 Å². The highest BCUT2D eigenvalue weighted by Gasteiger charge is 2.23. The van der Waals surface area contributed by atoms with Gasteiger partial charge in [-0.05, 0) is 49.7 Å². The van der Waals surface area contributed by atoms with E-state index in [0.29, 0.717) is 28.0 Å². The van der Waals surface area contributed by atoms with Crippen LogP contribution in [0.5, 0.6) is 11.5 Å². The third-order valence-corrected chi connectivity index (χ3v) is 5.53. The number of carbonyl (C=O) groups is 1. The van der Waals surface area contributed by atoms with Crippen LogP contribution in [0.2, 0.25) is 5.02 Å². The van der Waals surface area contributed by atoms with Crippen molar-refractivity contribution in [2.45, 2.75) is 46.1 Å². The minimum absolute atomic E-state index is 0.205. The van der Waals surface area contributed by atoms with Crippen molar-refractivity contribution >= 4 is 50.6 Å². The average molecular weight is 565 g/mol. The third kappa shape index (κ3) is 6.41. The fraction of sp³-hybridized carbons (Fsp3) is 0.360. The van der Waals surface area contributed by atoms with Crippen LogP contribution in [-0.2, 0) is 14.9 Å². The highest BCUT2D eigenvalue weighted by molar-refractivity contribution is 9.10. The van der Waals surface area contributed by atoms with Gasteiger partial charge >= 0.3 is 5.97 Å². The first-order valence-electron chi connectivity index (χ1n) is 10.9. The maximum Gasteiger partial charge on any atom is 0.344 e. The molecule has 10 heteroatoms. The summed E-state index contributed by atoms with van der Waals surface area (Å²) >= 11 is 9.81. The molecule has 0 bridgehead atoms. The van der Waals surface area contributed by atoms with E-state index in [1.807, 2.05) is 26.8 Å². The summed E-state index contributed by atoms with van der Waals surface area (Å²) in [5.74, 6) is 0.501. The number of rotatable bonds is 7. The number of aromatic nitrogens is 2. The molecule has 8 nitrogen and oxygen atoms in total. The Morgan fingerprint density at radius 1 is 1.26 bits per heavy atom. The molecule has 0 aliphatic heterocycles. The lowest BCUT2D eigenvalue weighted by molar-refractivity contribution is -0.149. The number of nitrogens with zero attached hydrogens (tertiary/aromatic N) is 3. The molecule has 0 aliphatic rings. The molecule has 1 heterocycles. The van der Waals surface area contributed by atoms with Crippen LogP contribution in [0, 0.1) is 0 Å². The molecule has 0 spiro atoms. The van der Waals surface area contributed by atoms with Gasteiger partial charge in [-0.3, -0.25) is 4.79 Å². The van der Waals surface area contributed by atoms with Gasteiger partial charge in [-0.15, -0.1) is 0 Å². The van der Waals surface area contributed by atoms with Crippen LogP contribution in [0.1, 0.15) is 46.0 Å². The fourth-order valence-electron chi connectivity index (χ4n) is 3.25. The van der Waals surface area contributed by atoms with E-state index >= 15 is 0 Å². The molecule has 2 aromatic carbocycles. The Balaban J connectivity index is 2.01. The van der Waals surface area contributed by atoms with E-state index in [4.69, 9.17) is 30.8 Å². The predicted octanol–water partition coefficient (Wildman–Crippen LogP) is 5.33. The predicted molar refractivity (Wildman–Crippen MR) is 140 cm³/mol. The first kappa shape index (κ1) is 26.7. The van der Waals surface area contributed by atoms with Crippen molar-refractivity contribution in [1.29, 1.82) is 0 Å². The van der Waals surface area contributed by atoms with E-state index in [9.17, 15) is 9.59 Å². The molecular weight excluding hydrogens is 538 g/mol. The maximum atomic E-state index is 13.3. The van der Waals surface area contributed by atoms with Crippen molar-refractivity contribution in [3.63, 3.8) is 0 Å². The first-order chi connectivity index (χ1) is 16.4. The van der Waals surface area contributed by atoms with Crippen molar-refractivity contribution in [2.75, 3.05) is 13.7 Å². The summed E-state index contributed by atoms with van der Waals surface area (Å²) < 4.78 is 18.1. The quantitative estimate of drug-likeness (QED) is 0.284. The van der Waals surface area contributed by atoms with Crippen LogP contribution < -0.4 is 15.0 Å². The zero-order valence-corrected chi connectivity index (χ0v) is 22.7. The minimum atomic E-state index is -0.520. The Hall–Kier alpha value is -2.91. The van der Waals surface area contributed by atoms with Gasteiger partial charge in [-0.2, -0.15) is 9.78 Å². The molecule has 35 heavy (non-hydrogen) atoms. The SMILES string of the molecule is COc1cc(C=Nn2c(C(C)(C)C)nc3ccc(Br)cc3c2=O)cc(Cl)c1OCC(=O)OC(C)C. The second-order valence-corrected chi connectivity index (χ2v) is 10.4. The van der Waals surface area contributed by atoms with Crippen LogP contribution >= 0.6 is 27.5 Å². The van der Waals surface area contributed by atoms with E-state index < -0.39 is 11.4 Å². The van der Waals surface area contributed by atoms with Gasteiger partial charge in [-0.25, -0.2) is 9.78 Å². The molecule has 3 rings (SSSR count). The van der Waals surface area contributed by atoms with Crippen LogP contribution in [0.15, 0.2) is 44.7 Å². The lowest BCUT2D eigenvalue weighted by Crippen LogP contribution is -2.29. The first-order valence-corrected chi connectivity index (χ1v) is 12.0. The maximum absolute atomic E-state index is 13.3. The summed E-state index contributed by atoms with van der Waals surface area (Å²) in [7, 11) is 1.46. The highest BCUT2D eigenvalue weighted by atomic mass is 79.9. The number of carbonyl (C=O) groups excluding carboxylic acids is 1. The number of ether oxygens (including phenoxy) is 3. The number of hydrogen-bond donors (Lipinski definition) is 0. The van der Waals surface area contributed by atoms with Crippen molar-refractivity contribution in [1.82, 2.24) is 9.66 Å².